The Morgan fingerprint density at radius 3 is 1.19 bits per heavy atom. The van der Waals surface area contributed by atoms with Crippen LogP contribution in [-0.4, -0.2) is 99.6 Å². The Kier molecular flexibility index (Phi) is 61.5. The smallest absolute Gasteiger partial charge is 0.306 e. The van der Waals surface area contributed by atoms with E-state index >= 15 is 0 Å². The van der Waals surface area contributed by atoms with Crippen LogP contribution in [0.25, 0.3) is 0 Å². The van der Waals surface area contributed by atoms with Gasteiger partial charge in [0, 0.05) is 6.42 Å². The lowest BCUT2D eigenvalue weighted by molar-refractivity contribution is -0.305. The number of amides is 1. The zero-order valence-electron chi connectivity index (χ0n) is 57.6. The molecule has 11 heteroatoms. The minimum atomic E-state index is -1.61. The minimum absolute atomic E-state index is 0.125. The van der Waals surface area contributed by atoms with Crippen molar-refractivity contribution in [3.05, 3.63) is 48.6 Å². The fraction of sp³-hybridized carbons (Fsp3) is 0.870. The quantitative estimate of drug-likeness (QED) is 0.0195. The molecule has 0 aromatic carbocycles. The number of aliphatic hydroxyl groups is 5. The summed E-state index contributed by atoms with van der Waals surface area (Å²) in [6.45, 7) is 5.82. The van der Waals surface area contributed by atoms with Crippen molar-refractivity contribution < 1.29 is 49.3 Å². The van der Waals surface area contributed by atoms with Crippen LogP contribution >= 0.6 is 0 Å². The van der Waals surface area contributed by atoms with Gasteiger partial charge in [-0.25, -0.2) is 0 Å². The summed E-state index contributed by atoms with van der Waals surface area (Å²) in [6, 6.07) is -1.02. The van der Waals surface area contributed by atoms with E-state index in [-0.39, 0.29) is 13.0 Å². The largest absolute Gasteiger partial charge is 0.454 e. The van der Waals surface area contributed by atoms with E-state index in [0.29, 0.717) is 19.3 Å². The maximum Gasteiger partial charge on any atom is 0.306 e. The normalized spacial score (nSPS) is 18.4. The highest BCUT2D eigenvalue weighted by Crippen LogP contribution is 2.27. The number of aliphatic hydroxyl groups excluding tert-OH is 5. The lowest BCUT2D eigenvalue weighted by Crippen LogP contribution is -2.61. The van der Waals surface area contributed by atoms with Crippen LogP contribution in [0.1, 0.15) is 367 Å². The molecule has 1 heterocycles. The molecule has 11 nitrogen and oxygen atoms in total. The lowest BCUT2D eigenvalue weighted by atomic mass is 9.99. The molecule has 1 fully saturated rings. The molecule has 88 heavy (non-hydrogen) atoms. The SMILES string of the molecule is CCCCC/C=C\C/C=C\CCCCCCCCCCCCCCCC(=O)OC1C(OCC(NC(=O)C(O)CCCCCCCCCCCCCCCC/C=C/CCCCCCCC)C(O)/C=C/CCCCCCCCCCCC)OC(CO)C(O)C1O. The van der Waals surface area contributed by atoms with Gasteiger partial charge in [-0.2, -0.15) is 0 Å². The van der Waals surface area contributed by atoms with Crippen molar-refractivity contribution in [2.75, 3.05) is 13.2 Å². The van der Waals surface area contributed by atoms with Crippen molar-refractivity contribution in [1.82, 2.24) is 5.32 Å². The summed E-state index contributed by atoms with van der Waals surface area (Å²) in [7, 11) is 0. The van der Waals surface area contributed by atoms with Crippen LogP contribution in [0, 0.1) is 0 Å². The maximum atomic E-state index is 13.5. The molecule has 1 rings (SSSR count). The van der Waals surface area contributed by atoms with Crippen molar-refractivity contribution in [3.63, 3.8) is 0 Å². The second-order valence-corrected chi connectivity index (χ2v) is 26.4. The molecule has 0 aromatic rings. The lowest BCUT2D eigenvalue weighted by Gasteiger charge is -2.41. The van der Waals surface area contributed by atoms with Gasteiger partial charge in [-0.3, -0.25) is 9.59 Å². The molecule has 1 saturated heterocycles. The molecule has 1 aliphatic heterocycles. The van der Waals surface area contributed by atoms with Gasteiger partial charge in [-0.15, -0.1) is 0 Å². The summed E-state index contributed by atoms with van der Waals surface area (Å²) >= 11 is 0. The van der Waals surface area contributed by atoms with E-state index in [1.807, 2.05) is 6.08 Å². The zero-order chi connectivity index (χ0) is 63.9. The molecule has 0 aliphatic carbocycles. The van der Waals surface area contributed by atoms with E-state index in [1.54, 1.807) is 6.08 Å². The first-order valence-corrected chi connectivity index (χ1v) is 37.9. The summed E-state index contributed by atoms with van der Waals surface area (Å²) in [5.74, 6) is -1.18. The third-order valence-electron chi connectivity index (χ3n) is 18.0. The van der Waals surface area contributed by atoms with Gasteiger partial charge in [0.25, 0.3) is 0 Å². The number of hydrogen-bond donors (Lipinski definition) is 6. The Hall–Kier alpha value is -2.38. The van der Waals surface area contributed by atoms with Gasteiger partial charge in [0.05, 0.1) is 25.4 Å². The van der Waals surface area contributed by atoms with Crippen molar-refractivity contribution in [2.24, 2.45) is 0 Å². The van der Waals surface area contributed by atoms with Gasteiger partial charge in [0.2, 0.25) is 5.91 Å². The number of unbranched alkanes of at least 4 members (excludes halogenated alkanes) is 46. The van der Waals surface area contributed by atoms with Crippen LogP contribution in [0.4, 0.5) is 0 Å². The first kappa shape index (κ1) is 83.6. The average molecular weight is 1240 g/mol. The summed E-state index contributed by atoms with van der Waals surface area (Å²) in [5, 5.41) is 57.3. The second kappa shape index (κ2) is 64.7. The van der Waals surface area contributed by atoms with Crippen LogP contribution in [0.15, 0.2) is 48.6 Å². The molecule has 1 aliphatic rings. The molecule has 0 aromatic heterocycles. The zero-order valence-corrected chi connectivity index (χ0v) is 57.6. The first-order chi connectivity index (χ1) is 43.2. The van der Waals surface area contributed by atoms with Crippen molar-refractivity contribution >= 4 is 11.9 Å². The van der Waals surface area contributed by atoms with E-state index in [9.17, 15) is 35.1 Å². The number of esters is 1. The second-order valence-electron chi connectivity index (χ2n) is 26.4. The van der Waals surface area contributed by atoms with Crippen LogP contribution < -0.4 is 5.32 Å². The number of ether oxygens (including phenoxy) is 3. The van der Waals surface area contributed by atoms with E-state index in [2.05, 4.69) is 62.5 Å². The van der Waals surface area contributed by atoms with Crippen LogP contribution in [0.2, 0.25) is 0 Å². The number of nitrogens with one attached hydrogen (secondary N) is 1. The molecule has 0 saturated carbocycles. The molecule has 6 N–H and O–H groups in total. The predicted octanol–water partition coefficient (Wildman–Crippen LogP) is 19.9. The predicted molar refractivity (Wildman–Crippen MR) is 370 cm³/mol. The number of hydrogen-bond acceptors (Lipinski definition) is 10. The standard InChI is InChI=1S/C77H143NO10/c1-4-7-10-13-16-19-22-25-27-29-31-33-35-37-38-40-42-44-46-49-52-55-58-61-64-70(81)76(85)78-68(69(80)63-60-57-54-51-48-24-21-18-15-12-9-6-3)67-86-77-75(74(84)73(83)71(66-79)87-77)88-72(82)65-62-59-56-53-50-47-45-43-41-39-36-34-32-30-28-26-23-20-17-14-11-8-5-2/h17,20,25-28,60,63,68-71,73-75,77,79-81,83-84H,4-16,18-19,21-24,29-59,61-62,64-67H2,1-3H3,(H,78,85)/b20-17-,27-25+,28-26-,63-60+. The van der Waals surface area contributed by atoms with Gasteiger partial charge >= 0.3 is 5.97 Å². The first-order valence-electron chi connectivity index (χ1n) is 37.9. The fourth-order valence-corrected chi connectivity index (χ4v) is 12.0. The highest BCUT2D eigenvalue weighted by atomic mass is 16.7. The van der Waals surface area contributed by atoms with E-state index in [1.165, 1.54) is 257 Å². The third kappa shape index (κ3) is 51.2. The van der Waals surface area contributed by atoms with Crippen LogP contribution in [-0.2, 0) is 23.8 Å². The highest BCUT2D eigenvalue weighted by molar-refractivity contribution is 5.80. The molecule has 516 valence electrons. The Morgan fingerprint density at radius 1 is 0.443 bits per heavy atom. The molecule has 0 spiro atoms. The Bertz CT molecular complexity index is 1620. The summed E-state index contributed by atoms with van der Waals surface area (Å²) in [6.07, 6.45) is 71.6. The summed E-state index contributed by atoms with van der Waals surface area (Å²) in [5.41, 5.74) is 0. The topological polar surface area (TPSA) is 175 Å². The Balaban J connectivity index is 2.52. The van der Waals surface area contributed by atoms with E-state index < -0.39 is 67.4 Å². The highest BCUT2D eigenvalue weighted by Gasteiger charge is 2.47. The Labute approximate surface area is 542 Å². The average Bonchev–Trinajstić information content (AvgIpc) is 2.54. The molecule has 1 amide bonds. The monoisotopic (exact) mass is 1240 g/mol. The molecule has 8 atom stereocenters. The molecule has 0 radical (unpaired) electrons. The van der Waals surface area contributed by atoms with Gasteiger partial charge in [0.1, 0.15) is 24.4 Å². The van der Waals surface area contributed by atoms with Crippen molar-refractivity contribution in [2.45, 2.75) is 416 Å². The molecule has 0 bridgehead atoms. The number of carbonyl (C=O) groups excluding carboxylic acids is 2. The van der Waals surface area contributed by atoms with Crippen molar-refractivity contribution in [1.29, 1.82) is 0 Å². The van der Waals surface area contributed by atoms with Gasteiger partial charge in [-0.1, -0.05) is 326 Å². The van der Waals surface area contributed by atoms with E-state index in [0.717, 1.165) is 64.2 Å². The maximum absolute atomic E-state index is 13.5. The number of allylic oxidation sites excluding steroid dienone is 7. The van der Waals surface area contributed by atoms with Crippen LogP contribution in [0.5, 0.6) is 0 Å². The molecular formula is C77H143NO10. The summed E-state index contributed by atoms with van der Waals surface area (Å²) in [4.78, 5) is 26.7. The van der Waals surface area contributed by atoms with E-state index in [4.69, 9.17) is 14.2 Å². The number of rotatable bonds is 66. The molecular weight excluding hydrogens is 1100 g/mol. The number of carbonyl (C=O) groups is 2. The summed E-state index contributed by atoms with van der Waals surface area (Å²) < 4.78 is 17.7. The van der Waals surface area contributed by atoms with Gasteiger partial charge in [-0.05, 0) is 83.5 Å². The van der Waals surface area contributed by atoms with Gasteiger partial charge < -0.3 is 45.1 Å². The molecule has 8 unspecified atom stereocenters. The minimum Gasteiger partial charge on any atom is -0.454 e. The van der Waals surface area contributed by atoms with Gasteiger partial charge in [0.15, 0.2) is 12.4 Å². The van der Waals surface area contributed by atoms with Crippen LogP contribution in [0.3, 0.4) is 0 Å². The third-order valence-corrected chi connectivity index (χ3v) is 18.0. The van der Waals surface area contributed by atoms with Crippen molar-refractivity contribution in [3.8, 4) is 0 Å². The fourth-order valence-electron chi connectivity index (χ4n) is 12.0. The Morgan fingerprint density at radius 2 is 0.784 bits per heavy atom.